The van der Waals surface area contributed by atoms with Gasteiger partial charge in [0.2, 0.25) is 11.8 Å². The minimum atomic E-state index is -0.809. The molecule has 1 aliphatic heterocycles. The molecule has 1 aliphatic rings. The highest BCUT2D eigenvalue weighted by Gasteiger charge is 2.45. The van der Waals surface area contributed by atoms with E-state index in [-0.39, 0.29) is 11.8 Å². The predicted molar refractivity (Wildman–Crippen MR) is 79.8 cm³/mol. The Labute approximate surface area is 125 Å². The van der Waals surface area contributed by atoms with Gasteiger partial charge in [0.15, 0.2) is 0 Å². The maximum Gasteiger partial charge on any atom is 0.248 e. The molecule has 1 N–H and O–H groups in total. The Morgan fingerprint density at radius 2 is 1.90 bits per heavy atom. The number of carbonyl (C=O) groups is 2. The zero-order valence-electron chi connectivity index (χ0n) is 13.0. The van der Waals surface area contributed by atoms with Crippen molar-refractivity contribution in [3.63, 3.8) is 0 Å². The molecule has 0 bridgehead atoms. The summed E-state index contributed by atoms with van der Waals surface area (Å²) in [6.45, 7) is 5.86. The summed E-state index contributed by atoms with van der Waals surface area (Å²) < 4.78 is 5.12. The Balaban J connectivity index is 2.22. The van der Waals surface area contributed by atoms with Crippen LogP contribution in [0.2, 0.25) is 0 Å². The molecule has 21 heavy (non-hydrogen) atoms. The summed E-state index contributed by atoms with van der Waals surface area (Å²) in [5.41, 5.74) is 0.167. The third-order valence-corrected chi connectivity index (χ3v) is 4.20. The summed E-state index contributed by atoms with van der Waals surface area (Å²) in [6.07, 6.45) is 0.573. The van der Waals surface area contributed by atoms with E-state index < -0.39 is 11.6 Å². The van der Waals surface area contributed by atoms with Crippen LogP contribution in [0.3, 0.4) is 0 Å². The van der Waals surface area contributed by atoms with Crippen LogP contribution in [0, 0.1) is 0 Å². The van der Waals surface area contributed by atoms with Crippen LogP contribution < -0.4 is 10.1 Å². The van der Waals surface area contributed by atoms with Crippen molar-refractivity contribution in [2.24, 2.45) is 0 Å². The maximum atomic E-state index is 12.6. The molecule has 1 aromatic carbocycles. The molecule has 0 saturated carbocycles. The molecule has 0 spiro atoms. The summed E-state index contributed by atoms with van der Waals surface area (Å²) in [5, 5.41) is 2.83. The second-order valence-corrected chi connectivity index (χ2v) is 5.63. The molecule has 2 unspecified atom stereocenters. The molecular weight excluding hydrogens is 268 g/mol. The molecule has 2 atom stereocenters. The van der Waals surface area contributed by atoms with Crippen LogP contribution >= 0.6 is 0 Å². The average Bonchev–Trinajstić information content (AvgIpc) is 2.50. The van der Waals surface area contributed by atoms with E-state index in [9.17, 15) is 9.59 Å². The molecule has 0 aromatic heterocycles. The molecular formula is C16H22N2O3. The lowest BCUT2D eigenvalue weighted by molar-refractivity contribution is -0.154. The average molecular weight is 290 g/mol. The molecule has 2 amide bonds. The fraction of sp³-hybridized carbons (Fsp3) is 0.500. The van der Waals surface area contributed by atoms with Crippen molar-refractivity contribution in [3.05, 3.63) is 29.8 Å². The molecule has 0 radical (unpaired) electrons. The molecule has 1 aromatic rings. The monoisotopic (exact) mass is 290 g/mol. The van der Waals surface area contributed by atoms with E-state index in [0.29, 0.717) is 13.0 Å². The zero-order valence-corrected chi connectivity index (χ0v) is 13.0. The van der Waals surface area contributed by atoms with Gasteiger partial charge in [-0.25, -0.2) is 0 Å². The minimum absolute atomic E-state index is 0.0343. The molecule has 114 valence electrons. The van der Waals surface area contributed by atoms with Gasteiger partial charge in [-0.1, -0.05) is 19.1 Å². The lowest BCUT2D eigenvalue weighted by Gasteiger charge is -2.43. The molecule has 5 heteroatoms. The van der Waals surface area contributed by atoms with Gasteiger partial charge >= 0.3 is 0 Å². The summed E-state index contributed by atoms with van der Waals surface area (Å²) in [7, 11) is 1.61. The van der Waals surface area contributed by atoms with Crippen molar-refractivity contribution < 1.29 is 14.3 Å². The fourth-order valence-electron chi connectivity index (χ4n) is 2.44. The number of hydrogen-bond donors (Lipinski definition) is 1. The lowest BCUT2D eigenvalue weighted by atomic mass is 9.92. The Morgan fingerprint density at radius 3 is 2.43 bits per heavy atom. The van der Waals surface area contributed by atoms with E-state index in [1.165, 1.54) is 0 Å². The first-order chi connectivity index (χ1) is 9.91. The largest absolute Gasteiger partial charge is 0.497 e. The molecule has 0 aliphatic carbocycles. The Hall–Kier alpha value is -2.04. The third kappa shape index (κ3) is 2.86. The third-order valence-electron chi connectivity index (χ3n) is 4.20. The van der Waals surface area contributed by atoms with E-state index in [4.69, 9.17) is 4.74 Å². The van der Waals surface area contributed by atoms with Gasteiger partial charge in [-0.2, -0.15) is 0 Å². The minimum Gasteiger partial charge on any atom is -0.497 e. The topological polar surface area (TPSA) is 58.6 Å². The second kappa shape index (κ2) is 5.76. The number of benzene rings is 1. The van der Waals surface area contributed by atoms with E-state index in [1.54, 1.807) is 25.9 Å². The van der Waals surface area contributed by atoms with Crippen LogP contribution in [0.5, 0.6) is 5.75 Å². The number of nitrogens with zero attached hydrogens (tertiary/aromatic N) is 1. The van der Waals surface area contributed by atoms with Crippen molar-refractivity contribution >= 4 is 11.8 Å². The van der Waals surface area contributed by atoms with Gasteiger partial charge in [0, 0.05) is 6.54 Å². The second-order valence-electron chi connectivity index (χ2n) is 5.63. The van der Waals surface area contributed by atoms with Crippen molar-refractivity contribution in [2.45, 2.75) is 45.3 Å². The van der Waals surface area contributed by atoms with Gasteiger partial charge in [0.1, 0.15) is 17.3 Å². The smallest absolute Gasteiger partial charge is 0.248 e. The highest BCUT2D eigenvalue weighted by atomic mass is 16.5. The van der Waals surface area contributed by atoms with E-state index in [2.05, 4.69) is 5.32 Å². The first kappa shape index (κ1) is 15.4. The first-order valence-electron chi connectivity index (χ1n) is 7.17. The predicted octanol–water partition coefficient (Wildman–Crippen LogP) is 1.71. The first-order valence-corrected chi connectivity index (χ1v) is 7.17. The van der Waals surface area contributed by atoms with Crippen LogP contribution in [0.25, 0.3) is 0 Å². The Kier molecular flexibility index (Phi) is 4.21. The van der Waals surface area contributed by atoms with E-state index >= 15 is 0 Å². The number of carbonyl (C=O) groups excluding carboxylic acids is 2. The number of hydrogen-bond acceptors (Lipinski definition) is 3. The zero-order chi connectivity index (χ0) is 15.6. The highest BCUT2D eigenvalue weighted by molar-refractivity contribution is 5.99. The van der Waals surface area contributed by atoms with Gasteiger partial charge in [-0.05, 0) is 38.0 Å². The number of ether oxygens (including phenoxy) is 1. The SMILES string of the molecule is CCC1(C)NC(=O)C(C)N(Cc2ccc(OC)cc2)C1=O. The number of amides is 2. The van der Waals surface area contributed by atoms with Gasteiger partial charge in [0.25, 0.3) is 0 Å². The number of rotatable bonds is 4. The van der Waals surface area contributed by atoms with Gasteiger partial charge < -0.3 is 15.0 Å². The number of nitrogens with one attached hydrogen (secondary N) is 1. The molecule has 5 nitrogen and oxygen atoms in total. The summed E-state index contributed by atoms with van der Waals surface area (Å²) in [4.78, 5) is 26.4. The molecule has 1 saturated heterocycles. The standard InChI is InChI=1S/C16H22N2O3/c1-5-16(3)15(20)18(11(2)14(19)17-16)10-12-6-8-13(21-4)9-7-12/h6-9,11H,5,10H2,1-4H3,(H,17,19). The summed E-state index contributed by atoms with van der Waals surface area (Å²) in [6, 6.07) is 7.07. The van der Waals surface area contributed by atoms with Crippen molar-refractivity contribution in [1.29, 1.82) is 0 Å². The van der Waals surface area contributed by atoms with Crippen LogP contribution in [-0.2, 0) is 16.1 Å². The van der Waals surface area contributed by atoms with Crippen LogP contribution in [-0.4, -0.2) is 35.4 Å². The summed E-state index contributed by atoms with van der Waals surface area (Å²) >= 11 is 0. The number of methoxy groups -OCH3 is 1. The van der Waals surface area contributed by atoms with Crippen molar-refractivity contribution in [2.75, 3.05) is 7.11 Å². The lowest BCUT2D eigenvalue weighted by Crippen LogP contribution is -2.68. The van der Waals surface area contributed by atoms with Gasteiger partial charge in [0.05, 0.1) is 7.11 Å². The van der Waals surface area contributed by atoms with Crippen molar-refractivity contribution in [3.8, 4) is 5.75 Å². The fourth-order valence-corrected chi connectivity index (χ4v) is 2.44. The molecule has 1 fully saturated rings. The number of piperazine rings is 1. The molecule has 1 heterocycles. The van der Waals surface area contributed by atoms with Crippen LogP contribution in [0.15, 0.2) is 24.3 Å². The Bertz CT molecular complexity index is 541. The van der Waals surface area contributed by atoms with Gasteiger partial charge in [-0.15, -0.1) is 0 Å². The quantitative estimate of drug-likeness (QED) is 0.918. The van der Waals surface area contributed by atoms with Gasteiger partial charge in [-0.3, -0.25) is 9.59 Å². The molecule has 2 rings (SSSR count). The normalized spacial score (nSPS) is 25.7. The van der Waals surface area contributed by atoms with Crippen LogP contribution in [0.4, 0.5) is 0 Å². The Morgan fingerprint density at radius 1 is 1.29 bits per heavy atom. The maximum absolute atomic E-state index is 12.6. The van der Waals surface area contributed by atoms with E-state index in [1.807, 2.05) is 31.2 Å². The van der Waals surface area contributed by atoms with Crippen LogP contribution in [0.1, 0.15) is 32.8 Å². The highest BCUT2D eigenvalue weighted by Crippen LogP contribution is 2.23. The summed E-state index contributed by atoms with van der Waals surface area (Å²) in [5.74, 6) is 0.633. The van der Waals surface area contributed by atoms with Crippen molar-refractivity contribution in [1.82, 2.24) is 10.2 Å². The van der Waals surface area contributed by atoms with E-state index in [0.717, 1.165) is 11.3 Å².